The van der Waals surface area contributed by atoms with Crippen molar-refractivity contribution in [2.45, 2.75) is 13.0 Å². The molecule has 0 bridgehead atoms. The Morgan fingerprint density at radius 3 is 2.56 bits per heavy atom. The quantitative estimate of drug-likeness (QED) is 0.533. The summed E-state index contributed by atoms with van der Waals surface area (Å²) in [5, 5.41) is 5.72. The van der Waals surface area contributed by atoms with Gasteiger partial charge >= 0.3 is 0 Å². The highest BCUT2D eigenvalue weighted by Gasteiger charge is 2.18. The molecule has 0 saturated carbocycles. The van der Waals surface area contributed by atoms with Crippen molar-refractivity contribution in [3.05, 3.63) is 35.9 Å². The van der Waals surface area contributed by atoms with Gasteiger partial charge in [0.05, 0.1) is 11.8 Å². The first kappa shape index (κ1) is 10.6. The molecular formula is C11H15N5. The Labute approximate surface area is 94.6 Å². The van der Waals surface area contributed by atoms with Gasteiger partial charge in [-0.05, 0) is 12.5 Å². The number of nitrogens with two attached hydrogens (primary N) is 1. The van der Waals surface area contributed by atoms with Crippen LogP contribution in [0.1, 0.15) is 12.5 Å². The zero-order valence-electron chi connectivity index (χ0n) is 9.38. The van der Waals surface area contributed by atoms with Crippen LogP contribution in [0.4, 0.5) is 0 Å². The number of nitrogens with one attached hydrogen (secondary N) is 1. The van der Waals surface area contributed by atoms with Crippen molar-refractivity contribution in [1.82, 2.24) is 10.4 Å². The van der Waals surface area contributed by atoms with Crippen LogP contribution in [0.15, 0.2) is 40.4 Å². The number of nitrogens with zero attached hydrogens (tertiary/aromatic N) is 3. The molecule has 1 atom stereocenters. The minimum absolute atomic E-state index is 0.00431. The van der Waals surface area contributed by atoms with E-state index in [1.807, 2.05) is 37.3 Å². The maximum atomic E-state index is 5.58. The fourth-order valence-electron chi connectivity index (χ4n) is 1.56. The van der Waals surface area contributed by atoms with Gasteiger partial charge in [0.1, 0.15) is 0 Å². The van der Waals surface area contributed by atoms with E-state index in [9.17, 15) is 0 Å². The monoisotopic (exact) mass is 217 g/mol. The molecule has 84 valence electrons. The number of hydrazone groups is 1. The Morgan fingerprint density at radius 1 is 1.31 bits per heavy atom. The van der Waals surface area contributed by atoms with Gasteiger partial charge in [0.25, 0.3) is 0 Å². The van der Waals surface area contributed by atoms with E-state index in [2.05, 4.69) is 15.5 Å². The van der Waals surface area contributed by atoms with E-state index < -0.39 is 0 Å². The lowest BCUT2D eigenvalue weighted by molar-refractivity contribution is 0.506. The number of hydrogen-bond acceptors (Lipinski definition) is 5. The van der Waals surface area contributed by atoms with Crippen LogP contribution >= 0.6 is 0 Å². The predicted octanol–water partition coefficient (Wildman–Crippen LogP) is 0.544. The SMILES string of the molecule is CC1N=C(N(C)N)NN=C1c1ccccc1. The highest BCUT2D eigenvalue weighted by atomic mass is 15.5. The van der Waals surface area contributed by atoms with Gasteiger partial charge in [-0.1, -0.05) is 30.3 Å². The molecule has 1 aromatic carbocycles. The highest BCUT2D eigenvalue weighted by molar-refractivity contribution is 6.06. The smallest absolute Gasteiger partial charge is 0.229 e. The molecule has 3 N–H and O–H groups in total. The van der Waals surface area contributed by atoms with Gasteiger partial charge in [-0.15, -0.1) is 0 Å². The lowest BCUT2D eigenvalue weighted by atomic mass is 10.0. The summed E-state index contributed by atoms with van der Waals surface area (Å²) >= 11 is 0. The van der Waals surface area contributed by atoms with Crippen LogP contribution in [0.2, 0.25) is 0 Å². The third kappa shape index (κ3) is 2.04. The van der Waals surface area contributed by atoms with Crippen LogP contribution in [0.5, 0.6) is 0 Å². The van der Waals surface area contributed by atoms with Crippen molar-refractivity contribution in [3.63, 3.8) is 0 Å². The number of aliphatic imine (C=N–C) groups is 1. The zero-order chi connectivity index (χ0) is 11.5. The maximum absolute atomic E-state index is 5.58. The summed E-state index contributed by atoms with van der Waals surface area (Å²) in [6.45, 7) is 2.00. The lowest BCUT2D eigenvalue weighted by Crippen LogP contribution is -2.45. The number of benzene rings is 1. The molecule has 0 amide bonds. The molecule has 1 aliphatic heterocycles. The van der Waals surface area contributed by atoms with Crippen LogP contribution in [0.25, 0.3) is 0 Å². The first-order chi connectivity index (χ1) is 7.68. The van der Waals surface area contributed by atoms with Crippen molar-refractivity contribution in [2.75, 3.05) is 7.05 Å². The topological polar surface area (TPSA) is 66.0 Å². The van der Waals surface area contributed by atoms with Crippen molar-refractivity contribution >= 4 is 11.7 Å². The number of guanidine groups is 1. The van der Waals surface area contributed by atoms with Gasteiger partial charge in [0.2, 0.25) is 5.96 Å². The molecule has 16 heavy (non-hydrogen) atoms. The molecule has 5 nitrogen and oxygen atoms in total. The first-order valence-corrected chi connectivity index (χ1v) is 5.13. The first-order valence-electron chi connectivity index (χ1n) is 5.13. The standard InChI is InChI=1S/C11H15N5/c1-8-10(9-6-4-3-5-7-9)14-15-11(13-8)16(2)12/h3-8H,12H2,1-2H3,(H,13,15). The summed E-state index contributed by atoms with van der Waals surface area (Å²) in [5.74, 6) is 6.16. The van der Waals surface area contributed by atoms with Gasteiger partial charge in [-0.2, -0.15) is 5.10 Å². The summed E-state index contributed by atoms with van der Waals surface area (Å²) in [5.41, 5.74) is 4.83. The average Bonchev–Trinajstić information content (AvgIpc) is 2.30. The van der Waals surface area contributed by atoms with Crippen LogP contribution in [0.3, 0.4) is 0 Å². The molecular weight excluding hydrogens is 202 g/mol. The zero-order valence-corrected chi connectivity index (χ0v) is 9.38. The summed E-state index contributed by atoms with van der Waals surface area (Å²) in [4.78, 5) is 4.42. The van der Waals surface area contributed by atoms with Gasteiger partial charge in [0.15, 0.2) is 0 Å². The summed E-state index contributed by atoms with van der Waals surface area (Å²) in [6, 6.07) is 9.99. The lowest BCUT2D eigenvalue weighted by Gasteiger charge is -2.22. The van der Waals surface area contributed by atoms with Crippen molar-refractivity contribution in [3.8, 4) is 0 Å². The molecule has 0 aromatic heterocycles. The Morgan fingerprint density at radius 2 is 2.00 bits per heavy atom. The fraction of sp³-hybridized carbons (Fsp3) is 0.273. The van der Waals surface area contributed by atoms with Crippen molar-refractivity contribution < 1.29 is 0 Å². The highest BCUT2D eigenvalue weighted by Crippen LogP contribution is 2.09. The molecule has 0 radical (unpaired) electrons. The largest absolute Gasteiger partial charge is 0.283 e. The molecule has 1 unspecified atom stereocenters. The molecule has 5 heteroatoms. The number of hydrazine groups is 1. The molecule has 0 aliphatic carbocycles. The van der Waals surface area contributed by atoms with Crippen LogP contribution in [-0.4, -0.2) is 29.8 Å². The maximum Gasteiger partial charge on any atom is 0.229 e. The van der Waals surface area contributed by atoms with E-state index in [0.717, 1.165) is 11.3 Å². The van der Waals surface area contributed by atoms with E-state index in [0.29, 0.717) is 5.96 Å². The second-order valence-electron chi connectivity index (χ2n) is 3.71. The Hall–Kier alpha value is -1.88. The normalized spacial score (nSPS) is 19.6. The Balaban J connectivity index is 2.22. The van der Waals surface area contributed by atoms with Crippen LogP contribution in [-0.2, 0) is 0 Å². The Bertz CT molecular complexity index is 421. The fourth-order valence-corrected chi connectivity index (χ4v) is 1.56. The summed E-state index contributed by atoms with van der Waals surface area (Å²) < 4.78 is 0. The van der Waals surface area contributed by atoms with Gasteiger partial charge in [-0.3, -0.25) is 5.01 Å². The molecule has 1 aromatic rings. The van der Waals surface area contributed by atoms with E-state index in [1.165, 1.54) is 5.01 Å². The van der Waals surface area contributed by atoms with E-state index in [4.69, 9.17) is 5.84 Å². The van der Waals surface area contributed by atoms with Gasteiger partial charge in [0, 0.05) is 7.05 Å². The van der Waals surface area contributed by atoms with E-state index in [1.54, 1.807) is 7.05 Å². The third-order valence-electron chi connectivity index (χ3n) is 2.39. The number of rotatable bonds is 1. The molecule has 0 fully saturated rings. The van der Waals surface area contributed by atoms with Crippen molar-refractivity contribution in [2.24, 2.45) is 15.9 Å². The molecule has 0 saturated heterocycles. The van der Waals surface area contributed by atoms with Crippen molar-refractivity contribution in [1.29, 1.82) is 0 Å². The second-order valence-corrected chi connectivity index (χ2v) is 3.71. The van der Waals surface area contributed by atoms with Gasteiger partial charge in [-0.25, -0.2) is 16.3 Å². The third-order valence-corrected chi connectivity index (χ3v) is 2.39. The minimum atomic E-state index is 0.00431. The number of hydrogen-bond donors (Lipinski definition) is 2. The Kier molecular flexibility index (Phi) is 2.87. The predicted molar refractivity (Wildman–Crippen MR) is 65.0 cm³/mol. The second kappa shape index (κ2) is 4.32. The van der Waals surface area contributed by atoms with E-state index in [-0.39, 0.29) is 6.04 Å². The average molecular weight is 217 g/mol. The summed E-state index contributed by atoms with van der Waals surface area (Å²) in [6.07, 6.45) is 0. The van der Waals surface area contributed by atoms with Gasteiger partial charge < -0.3 is 0 Å². The molecule has 1 aliphatic rings. The van der Waals surface area contributed by atoms with E-state index >= 15 is 0 Å². The van der Waals surface area contributed by atoms with Crippen LogP contribution < -0.4 is 11.3 Å². The van der Waals surface area contributed by atoms with Crippen LogP contribution in [0, 0.1) is 0 Å². The molecule has 2 rings (SSSR count). The molecule has 1 heterocycles. The summed E-state index contributed by atoms with van der Waals surface area (Å²) in [7, 11) is 1.72. The molecule has 0 spiro atoms. The minimum Gasteiger partial charge on any atom is -0.283 e.